The van der Waals surface area contributed by atoms with Gasteiger partial charge in [-0.1, -0.05) is 358 Å². The van der Waals surface area contributed by atoms with E-state index in [4.69, 9.17) is 0 Å². The fourth-order valence-corrected chi connectivity index (χ4v) is 19.0. The summed E-state index contributed by atoms with van der Waals surface area (Å²) in [4.78, 5) is 0. The summed E-state index contributed by atoms with van der Waals surface area (Å²) in [7, 11) is 0. The number of para-hydroxylation sites is 4. The molecule has 0 aliphatic heterocycles. The van der Waals surface area contributed by atoms with Crippen molar-refractivity contribution in [1.29, 1.82) is 0 Å². The largest absolute Gasteiger partial charge is 0.309 e. The highest BCUT2D eigenvalue weighted by molar-refractivity contribution is 6.15. The molecule has 0 spiro atoms. The van der Waals surface area contributed by atoms with Gasteiger partial charge in [0.2, 0.25) is 0 Å². The summed E-state index contributed by atoms with van der Waals surface area (Å²) in [5, 5.41) is 9.97. The Labute approximate surface area is 719 Å². The highest BCUT2D eigenvalue weighted by Crippen LogP contribution is 2.44. The molecule has 0 aliphatic carbocycles. The summed E-state index contributed by atoms with van der Waals surface area (Å²) in [6.45, 7) is 0. The minimum absolute atomic E-state index is 1.13. The predicted molar refractivity (Wildman–Crippen MR) is 525 cm³/mol. The first-order valence-electron chi connectivity index (χ1n) is 42.7. The Bertz CT molecular complexity index is 8100. The van der Waals surface area contributed by atoms with Crippen LogP contribution in [0.2, 0.25) is 0 Å². The van der Waals surface area contributed by atoms with Crippen LogP contribution in [0.3, 0.4) is 0 Å². The first kappa shape index (κ1) is 72.8. The smallest absolute Gasteiger partial charge is 0.0547 e. The van der Waals surface area contributed by atoms with Gasteiger partial charge in [0.1, 0.15) is 0 Å². The number of benzene rings is 20. The normalized spacial score (nSPS) is 11.5. The number of hydrogen-bond donors (Lipinski definition) is 0. The summed E-state index contributed by atoms with van der Waals surface area (Å²) in [5.74, 6) is 0. The molecule has 4 heterocycles. The summed E-state index contributed by atoms with van der Waals surface area (Å²) in [6, 6.07) is 177. The van der Waals surface area contributed by atoms with Crippen molar-refractivity contribution < 1.29 is 0 Å². The van der Waals surface area contributed by atoms with Gasteiger partial charge in [-0.2, -0.15) is 0 Å². The van der Waals surface area contributed by atoms with Crippen LogP contribution < -0.4 is 0 Å². The van der Waals surface area contributed by atoms with E-state index in [1.54, 1.807) is 0 Å². The molecule has 4 heteroatoms. The van der Waals surface area contributed by atoms with E-state index in [0.717, 1.165) is 22.7 Å². The second-order valence-electron chi connectivity index (χ2n) is 32.3. The summed E-state index contributed by atoms with van der Waals surface area (Å²) in [6.07, 6.45) is 0. The lowest BCUT2D eigenvalue weighted by atomic mass is 9.93. The van der Waals surface area contributed by atoms with Crippen LogP contribution in [0.4, 0.5) is 0 Å². The fraction of sp³-hybridized carbons (Fsp3) is 0. The third kappa shape index (κ3) is 13.2. The van der Waals surface area contributed by atoms with E-state index in [9.17, 15) is 0 Å². The van der Waals surface area contributed by atoms with Gasteiger partial charge in [0.25, 0.3) is 0 Å². The molecule has 24 aromatic rings. The van der Waals surface area contributed by atoms with Crippen LogP contribution in [0.15, 0.2) is 485 Å². The van der Waals surface area contributed by atoms with Gasteiger partial charge >= 0.3 is 0 Å². The SMILES string of the molecule is c1ccc(-c2ccc(-n3c4ccccc4c4ccc(-c5ccc6c7ccccc7n(-c7ccc(-c8cccc(-c9ccccc9)c8)cc7)c6c5)cc43)cc2)cc1.c1ccc(-c2cccc(-c3cccc(-n4c5ccccc5c5ccc(-c6ccc7c8ccccc8n(-c8ccc(-c9cc(-c%10ccccc%10)cc(-c%10ccccc%10)c9)cc8)c7c6)cc54)c3)c2)cc1. The number of hydrogen-bond acceptors (Lipinski definition) is 0. The van der Waals surface area contributed by atoms with Gasteiger partial charge in [-0.3, -0.25) is 0 Å². The van der Waals surface area contributed by atoms with Crippen molar-refractivity contribution in [3.8, 4) is 134 Å². The van der Waals surface area contributed by atoms with Crippen LogP contribution in [0, 0.1) is 0 Å². The van der Waals surface area contributed by atoms with Gasteiger partial charge in [0, 0.05) is 65.8 Å². The molecule has 4 aromatic heterocycles. The first-order valence-corrected chi connectivity index (χ1v) is 42.7. The quantitative estimate of drug-likeness (QED) is 0.103. The lowest BCUT2D eigenvalue weighted by Gasteiger charge is -2.13. The third-order valence-corrected chi connectivity index (χ3v) is 25.0. The molecule has 580 valence electrons. The van der Waals surface area contributed by atoms with Crippen molar-refractivity contribution in [3.63, 3.8) is 0 Å². The Morgan fingerprint density at radius 2 is 0.266 bits per heavy atom. The van der Waals surface area contributed by atoms with Crippen LogP contribution in [-0.4, -0.2) is 18.3 Å². The molecule has 0 atom stereocenters. The zero-order valence-electron chi connectivity index (χ0n) is 68.0. The van der Waals surface area contributed by atoms with Gasteiger partial charge in [-0.05, 0) is 239 Å². The minimum Gasteiger partial charge on any atom is -0.309 e. The lowest BCUT2D eigenvalue weighted by molar-refractivity contribution is 1.18. The Morgan fingerprint density at radius 3 is 0.573 bits per heavy atom. The van der Waals surface area contributed by atoms with E-state index in [1.165, 1.54) is 198 Å². The molecule has 0 saturated carbocycles. The topological polar surface area (TPSA) is 19.7 Å². The third-order valence-electron chi connectivity index (χ3n) is 25.0. The Morgan fingerprint density at radius 1 is 0.0887 bits per heavy atom. The average molecular weight is 1580 g/mol. The standard InChI is InChI=1S/C66H44N2.C54H36N2/c1-4-16-45(17-5-1)49-22-14-23-50(38-49)51-24-15-25-58(42-51)68-64-29-13-11-27-60(64)62-37-33-53(44-66(62)68)52-32-36-61-59-26-10-12-28-63(59)67(65(61)43-52)57-34-30-48(31-35-57)56-40-54(46-18-6-2-7-19-46)39-55(41-56)47-20-8-3-9-21-47;1-3-12-37(13-4-1)39-22-28-45(29-23-39)55-51-20-9-7-18-47(51)49-32-26-43(35-53(49)55)44-27-33-50-48-19-8-10-21-52(48)56(54(50)36-44)46-30-24-40(25-31-46)42-17-11-16-41(34-42)38-14-5-2-6-15-38/h1-44H;1-36H. The molecule has 20 aromatic carbocycles. The fourth-order valence-electron chi connectivity index (χ4n) is 19.0. The van der Waals surface area contributed by atoms with E-state index in [2.05, 4.69) is 504 Å². The van der Waals surface area contributed by atoms with E-state index in [1.807, 2.05) is 0 Å². The van der Waals surface area contributed by atoms with Gasteiger partial charge < -0.3 is 18.3 Å². The maximum absolute atomic E-state index is 2.44. The zero-order valence-corrected chi connectivity index (χ0v) is 68.0. The zero-order chi connectivity index (χ0) is 82.0. The molecule has 124 heavy (non-hydrogen) atoms. The molecule has 0 unspecified atom stereocenters. The number of fused-ring (bicyclic) bond motifs is 12. The maximum atomic E-state index is 2.44. The van der Waals surface area contributed by atoms with Crippen LogP contribution >= 0.6 is 0 Å². The summed E-state index contributed by atoms with van der Waals surface area (Å²) in [5.41, 5.74) is 38.2. The van der Waals surface area contributed by atoms with Gasteiger partial charge in [-0.25, -0.2) is 0 Å². The van der Waals surface area contributed by atoms with Crippen molar-refractivity contribution in [1.82, 2.24) is 18.3 Å². The van der Waals surface area contributed by atoms with Crippen molar-refractivity contribution in [2.75, 3.05) is 0 Å². The molecule has 24 rings (SSSR count). The lowest BCUT2D eigenvalue weighted by Crippen LogP contribution is -1.95. The monoisotopic (exact) mass is 1580 g/mol. The summed E-state index contributed by atoms with van der Waals surface area (Å²) >= 11 is 0. The van der Waals surface area contributed by atoms with Crippen LogP contribution in [0.5, 0.6) is 0 Å². The molecule has 0 N–H and O–H groups in total. The number of aromatic nitrogens is 4. The Kier molecular flexibility index (Phi) is 18.2. The highest BCUT2D eigenvalue weighted by atomic mass is 15.0. The molecule has 0 amide bonds. The van der Waals surface area contributed by atoms with E-state index in [-0.39, 0.29) is 0 Å². The van der Waals surface area contributed by atoms with E-state index >= 15 is 0 Å². The van der Waals surface area contributed by atoms with Crippen molar-refractivity contribution >= 4 is 87.2 Å². The van der Waals surface area contributed by atoms with Crippen molar-refractivity contribution in [3.05, 3.63) is 485 Å². The molecular formula is C120H80N4. The molecule has 0 fully saturated rings. The van der Waals surface area contributed by atoms with Gasteiger partial charge in [0.15, 0.2) is 0 Å². The second-order valence-corrected chi connectivity index (χ2v) is 32.3. The molecule has 0 aliphatic rings. The average Bonchev–Trinajstić information content (AvgIpc) is 1.61. The van der Waals surface area contributed by atoms with Crippen molar-refractivity contribution in [2.24, 2.45) is 0 Å². The predicted octanol–water partition coefficient (Wildman–Crippen LogP) is 32.4. The van der Waals surface area contributed by atoms with E-state index in [0.29, 0.717) is 0 Å². The molecule has 0 radical (unpaired) electrons. The first-order chi connectivity index (χ1) is 61.5. The summed E-state index contributed by atoms with van der Waals surface area (Å²) < 4.78 is 9.70. The maximum Gasteiger partial charge on any atom is 0.0547 e. The Balaban J connectivity index is 0.000000146. The molecule has 4 nitrogen and oxygen atoms in total. The van der Waals surface area contributed by atoms with E-state index < -0.39 is 0 Å². The van der Waals surface area contributed by atoms with Crippen molar-refractivity contribution in [2.45, 2.75) is 0 Å². The van der Waals surface area contributed by atoms with Gasteiger partial charge in [-0.15, -0.1) is 0 Å². The highest BCUT2D eigenvalue weighted by Gasteiger charge is 2.22. The molecule has 0 bridgehead atoms. The molecular weight excluding hydrogens is 1500 g/mol. The molecule has 0 saturated heterocycles. The van der Waals surface area contributed by atoms with Crippen LogP contribution in [0.25, 0.3) is 221 Å². The van der Waals surface area contributed by atoms with Crippen LogP contribution in [-0.2, 0) is 0 Å². The number of rotatable bonds is 14. The minimum atomic E-state index is 1.13. The van der Waals surface area contributed by atoms with Crippen LogP contribution in [0.1, 0.15) is 0 Å². The Hall–Kier alpha value is -16.4. The van der Waals surface area contributed by atoms with Gasteiger partial charge in [0.05, 0.1) is 44.1 Å². The second kappa shape index (κ2) is 31.1. The number of nitrogens with zero attached hydrogens (tertiary/aromatic N) is 4.